The smallest absolute Gasteiger partial charge is 0.318 e. The molecular formula is C19H19ClN4O5S. The van der Waals surface area contributed by atoms with Crippen LogP contribution in [-0.4, -0.2) is 49.2 Å². The number of urea groups is 1. The third-order valence-electron chi connectivity index (χ3n) is 4.67. The summed E-state index contributed by atoms with van der Waals surface area (Å²) in [6.07, 6.45) is 0. The molecule has 1 heterocycles. The summed E-state index contributed by atoms with van der Waals surface area (Å²) in [6, 6.07) is 13.2. The van der Waals surface area contributed by atoms with Gasteiger partial charge in [0.25, 0.3) is 11.8 Å². The van der Waals surface area contributed by atoms with E-state index in [2.05, 4.69) is 10.7 Å². The van der Waals surface area contributed by atoms with Crippen LogP contribution in [-0.2, 0) is 25.2 Å². The van der Waals surface area contributed by atoms with Gasteiger partial charge in [-0.3, -0.25) is 15.0 Å². The molecule has 1 aliphatic heterocycles. The van der Waals surface area contributed by atoms with E-state index < -0.39 is 40.0 Å². The zero-order valence-corrected chi connectivity index (χ0v) is 17.7. The highest BCUT2D eigenvalue weighted by Crippen LogP contribution is 2.27. The number of hydrogen-bond donors (Lipinski definition) is 2. The molecule has 0 aliphatic carbocycles. The first-order valence-corrected chi connectivity index (χ1v) is 10.6. The number of carbonyl (C=O) groups is 3. The van der Waals surface area contributed by atoms with Crippen LogP contribution in [0.2, 0.25) is 5.02 Å². The Balaban J connectivity index is 1.71. The highest BCUT2D eigenvalue weighted by Gasteiger charge is 2.50. The number of hydrazine groups is 1. The van der Waals surface area contributed by atoms with E-state index in [1.165, 1.54) is 38.2 Å². The molecular weight excluding hydrogens is 432 g/mol. The van der Waals surface area contributed by atoms with E-state index in [1.54, 1.807) is 30.3 Å². The largest absolute Gasteiger partial charge is 0.344 e. The fraction of sp³-hybridized carbons (Fsp3) is 0.211. The Labute approximate surface area is 178 Å². The lowest BCUT2D eigenvalue weighted by molar-refractivity contribution is -0.138. The Hall–Kier alpha value is -2.95. The molecule has 0 spiro atoms. The molecule has 9 nitrogen and oxygen atoms in total. The molecule has 30 heavy (non-hydrogen) atoms. The number of hydrogen-bond acceptors (Lipinski definition) is 5. The average Bonchev–Trinajstić information content (AvgIpc) is 2.93. The average molecular weight is 451 g/mol. The SMILES string of the molecule is CN(CC(=O)NN1C(=O)N[C@@](C)(c2ccccc2)C1=O)S(=O)(=O)c1ccc(Cl)cc1. The molecule has 0 aromatic heterocycles. The number of rotatable bonds is 6. The molecule has 11 heteroatoms. The van der Waals surface area contributed by atoms with Crippen LogP contribution in [0.3, 0.4) is 0 Å². The molecule has 1 atom stereocenters. The molecule has 2 aromatic rings. The van der Waals surface area contributed by atoms with Gasteiger partial charge in [-0.1, -0.05) is 41.9 Å². The monoisotopic (exact) mass is 450 g/mol. The third-order valence-corrected chi connectivity index (χ3v) is 6.74. The summed E-state index contributed by atoms with van der Waals surface area (Å²) >= 11 is 5.77. The quantitative estimate of drug-likeness (QED) is 0.646. The summed E-state index contributed by atoms with van der Waals surface area (Å²) in [5, 5.41) is 3.47. The van der Waals surface area contributed by atoms with Crippen molar-refractivity contribution in [2.75, 3.05) is 13.6 Å². The van der Waals surface area contributed by atoms with Crippen molar-refractivity contribution in [1.82, 2.24) is 20.1 Å². The Morgan fingerprint density at radius 3 is 2.33 bits per heavy atom. The van der Waals surface area contributed by atoms with Crippen molar-refractivity contribution in [1.29, 1.82) is 0 Å². The van der Waals surface area contributed by atoms with Gasteiger partial charge in [0.15, 0.2) is 0 Å². The number of carbonyl (C=O) groups excluding carboxylic acids is 3. The van der Waals surface area contributed by atoms with Crippen LogP contribution in [0.4, 0.5) is 4.79 Å². The number of nitrogens with one attached hydrogen (secondary N) is 2. The first-order chi connectivity index (χ1) is 14.1. The number of sulfonamides is 1. The van der Waals surface area contributed by atoms with Gasteiger partial charge in [-0.15, -0.1) is 0 Å². The number of halogens is 1. The van der Waals surface area contributed by atoms with Crippen LogP contribution >= 0.6 is 11.6 Å². The number of likely N-dealkylation sites (N-methyl/N-ethyl adjacent to an activating group) is 1. The van der Waals surface area contributed by atoms with E-state index in [-0.39, 0.29) is 4.90 Å². The second kappa shape index (κ2) is 8.05. The Bertz CT molecular complexity index is 1090. The van der Waals surface area contributed by atoms with Crippen molar-refractivity contribution in [3.05, 3.63) is 65.2 Å². The van der Waals surface area contributed by atoms with Crippen molar-refractivity contribution < 1.29 is 22.8 Å². The van der Waals surface area contributed by atoms with E-state index >= 15 is 0 Å². The Kier molecular flexibility index (Phi) is 5.84. The lowest BCUT2D eigenvalue weighted by Crippen LogP contribution is -2.50. The summed E-state index contributed by atoms with van der Waals surface area (Å²) in [4.78, 5) is 37.4. The molecule has 0 unspecified atom stereocenters. The summed E-state index contributed by atoms with van der Waals surface area (Å²) in [7, 11) is -2.76. The highest BCUT2D eigenvalue weighted by molar-refractivity contribution is 7.89. The molecule has 0 bridgehead atoms. The van der Waals surface area contributed by atoms with Gasteiger partial charge in [-0.2, -0.15) is 9.31 Å². The van der Waals surface area contributed by atoms with Gasteiger partial charge >= 0.3 is 6.03 Å². The minimum atomic E-state index is -3.97. The Morgan fingerprint density at radius 1 is 1.13 bits per heavy atom. The molecule has 0 saturated carbocycles. The minimum Gasteiger partial charge on any atom is -0.318 e. The molecule has 1 fully saturated rings. The molecule has 0 radical (unpaired) electrons. The fourth-order valence-corrected chi connectivity index (χ4v) is 4.19. The molecule has 1 saturated heterocycles. The van der Waals surface area contributed by atoms with Crippen LogP contribution in [0, 0.1) is 0 Å². The number of imide groups is 1. The molecule has 4 amide bonds. The molecule has 3 rings (SSSR count). The summed E-state index contributed by atoms with van der Waals surface area (Å²) < 4.78 is 26.0. The first kappa shape index (κ1) is 21.8. The molecule has 1 aliphatic rings. The Morgan fingerprint density at radius 2 is 1.73 bits per heavy atom. The summed E-state index contributed by atoms with van der Waals surface area (Å²) in [6.45, 7) is 0.913. The zero-order chi connectivity index (χ0) is 22.1. The predicted octanol–water partition coefficient (Wildman–Crippen LogP) is 1.46. The van der Waals surface area contributed by atoms with E-state index in [1.807, 2.05) is 0 Å². The number of amides is 4. The van der Waals surface area contributed by atoms with Gasteiger partial charge in [0.2, 0.25) is 10.0 Å². The second-order valence-corrected chi connectivity index (χ2v) is 9.29. The highest BCUT2D eigenvalue weighted by atomic mass is 35.5. The number of nitrogens with zero attached hydrogens (tertiary/aromatic N) is 2. The number of benzene rings is 2. The van der Waals surface area contributed by atoms with E-state index in [0.717, 1.165) is 4.31 Å². The van der Waals surface area contributed by atoms with E-state index in [4.69, 9.17) is 11.6 Å². The van der Waals surface area contributed by atoms with Crippen molar-refractivity contribution in [2.45, 2.75) is 17.4 Å². The fourth-order valence-electron chi connectivity index (χ4n) is 2.94. The summed E-state index contributed by atoms with van der Waals surface area (Å²) in [5.74, 6) is -1.54. The normalized spacial score (nSPS) is 19.1. The van der Waals surface area contributed by atoms with Gasteiger partial charge in [0.1, 0.15) is 5.54 Å². The first-order valence-electron chi connectivity index (χ1n) is 8.79. The van der Waals surface area contributed by atoms with Crippen LogP contribution in [0.5, 0.6) is 0 Å². The van der Waals surface area contributed by atoms with Gasteiger partial charge in [0, 0.05) is 12.1 Å². The zero-order valence-electron chi connectivity index (χ0n) is 16.1. The standard InChI is InChI=1S/C19H19ClN4O5S/c1-19(13-6-4-3-5-7-13)17(26)24(18(27)21-19)22-16(25)12-23(2)30(28,29)15-10-8-14(20)9-11-15/h3-11H,12H2,1-2H3,(H,21,27)(H,22,25)/t19-/m0/s1. The van der Waals surface area contributed by atoms with Crippen LogP contribution in [0.25, 0.3) is 0 Å². The lowest BCUT2D eigenvalue weighted by Gasteiger charge is -2.22. The van der Waals surface area contributed by atoms with E-state index in [9.17, 15) is 22.8 Å². The van der Waals surface area contributed by atoms with Gasteiger partial charge in [-0.25, -0.2) is 13.2 Å². The molecule has 2 N–H and O–H groups in total. The van der Waals surface area contributed by atoms with Crippen molar-refractivity contribution in [3.63, 3.8) is 0 Å². The van der Waals surface area contributed by atoms with Crippen molar-refractivity contribution in [2.24, 2.45) is 0 Å². The topological polar surface area (TPSA) is 116 Å². The van der Waals surface area contributed by atoms with Crippen molar-refractivity contribution >= 4 is 39.5 Å². The minimum absolute atomic E-state index is 0.0474. The van der Waals surface area contributed by atoms with Gasteiger partial charge < -0.3 is 5.32 Å². The maximum absolute atomic E-state index is 12.8. The van der Waals surface area contributed by atoms with Crippen LogP contribution in [0.15, 0.2) is 59.5 Å². The third kappa shape index (κ3) is 4.02. The predicted molar refractivity (Wildman–Crippen MR) is 109 cm³/mol. The maximum Gasteiger partial charge on any atom is 0.344 e. The van der Waals surface area contributed by atoms with Crippen LogP contribution in [0.1, 0.15) is 12.5 Å². The van der Waals surface area contributed by atoms with Crippen LogP contribution < -0.4 is 10.7 Å². The summed E-state index contributed by atoms with van der Waals surface area (Å²) in [5.41, 5.74) is 1.36. The lowest BCUT2D eigenvalue weighted by atomic mass is 9.92. The van der Waals surface area contributed by atoms with Gasteiger partial charge in [0.05, 0.1) is 11.4 Å². The second-order valence-electron chi connectivity index (χ2n) is 6.81. The van der Waals surface area contributed by atoms with Crippen molar-refractivity contribution in [3.8, 4) is 0 Å². The molecule has 2 aromatic carbocycles. The molecule has 158 valence electrons. The maximum atomic E-state index is 12.8. The van der Waals surface area contributed by atoms with Gasteiger partial charge in [-0.05, 0) is 36.8 Å². The van der Waals surface area contributed by atoms with E-state index in [0.29, 0.717) is 15.6 Å².